The van der Waals surface area contributed by atoms with Crippen LogP contribution in [0.4, 0.5) is 5.69 Å². The Bertz CT molecular complexity index is 351. The predicted molar refractivity (Wildman–Crippen MR) is 67.6 cm³/mol. The van der Waals surface area contributed by atoms with Crippen molar-refractivity contribution >= 4 is 21.6 Å². The minimum atomic E-state index is 0.219. The van der Waals surface area contributed by atoms with Crippen LogP contribution in [-0.2, 0) is 4.74 Å². The van der Waals surface area contributed by atoms with Crippen LogP contribution in [0.2, 0.25) is 0 Å². The first-order chi connectivity index (χ1) is 7.75. The molecule has 1 aliphatic rings. The molecule has 0 unspecified atom stereocenters. The van der Waals surface area contributed by atoms with Gasteiger partial charge >= 0.3 is 0 Å². The lowest BCUT2D eigenvalue weighted by Gasteiger charge is -2.22. The van der Waals surface area contributed by atoms with E-state index in [1.807, 2.05) is 18.2 Å². The van der Waals surface area contributed by atoms with Crippen molar-refractivity contribution < 1.29 is 9.47 Å². The van der Waals surface area contributed by atoms with E-state index in [9.17, 15) is 0 Å². The van der Waals surface area contributed by atoms with E-state index < -0.39 is 0 Å². The third kappa shape index (κ3) is 3.12. The van der Waals surface area contributed by atoms with Gasteiger partial charge in [-0.05, 0) is 37.5 Å². The van der Waals surface area contributed by atoms with Crippen molar-refractivity contribution in [3.63, 3.8) is 0 Å². The molecule has 0 spiro atoms. The Morgan fingerprint density at radius 2 is 2.31 bits per heavy atom. The van der Waals surface area contributed by atoms with Crippen LogP contribution in [-0.4, -0.2) is 19.3 Å². The first-order valence-electron chi connectivity index (χ1n) is 5.55. The summed E-state index contributed by atoms with van der Waals surface area (Å²) in [5.41, 5.74) is 6.50. The molecule has 0 aromatic heterocycles. The van der Waals surface area contributed by atoms with Crippen molar-refractivity contribution in [2.75, 3.05) is 18.9 Å². The van der Waals surface area contributed by atoms with E-state index in [-0.39, 0.29) is 6.10 Å². The largest absolute Gasteiger partial charge is 0.489 e. The summed E-state index contributed by atoms with van der Waals surface area (Å²) in [6, 6.07) is 5.65. The van der Waals surface area contributed by atoms with Crippen LogP contribution in [0.3, 0.4) is 0 Å². The highest BCUT2D eigenvalue weighted by Crippen LogP contribution is 2.26. The highest BCUT2D eigenvalue weighted by Gasteiger charge is 2.14. The molecule has 4 heteroatoms. The molecule has 2 rings (SSSR count). The minimum absolute atomic E-state index is 0.219. The lowest BCUT2D eigenvalue weighted by Crippen LogP contribution is -2.25. The van der Waals surface area contributed by atoms with Crippen LogP contribution >= 0.6 is 15.9 Å². The van der Waals surface area contributed by atoms with E-state index in [1.165, 1.54) is 6.42 Å². The number of hydrogen-bond acceptors (Lipinski definition) is 3. The van der Waals surface area contributed by atoms with Crippen molar-refractivity contribution in [2.24, 2.45) is 0 Å². The molecule has 1 fully saturated rings. The van der Waals surface area contributed by atoms with Gasteiger partial charge in [-0.15, -0.1) is 0 Å². The molecule has 1 aliphatic heterocycles. The molecule has 1 saturated heterocycles. The van der Waals surface area contributed by atoms with Gasteiger partial charge < -0.3 is 15.2 Å². The summed E-state index contributed by atoms with van der Waals surface area (Å²) in [4.78, 5) is 0. The van der Waals surface area contributed by atoms with E-state index in [0.717, 1.165) is 29.7 Å². The average molecular weight is 286 g/mol. The van der Waals surface area contributed by atoms with Crippen molar-refractivity contribution in [2.45, 2.75) is 25.4 Å². The van der Waals surface area contributed by atoms with Gasteiger partial charge in [0.2, 0.25) is 0 Å². The SMILES string of the molecule is Nc1cc(Br)ccc1OC[C@H]1CCCCO1. The molecule has 1 heterocycles. The summed E-state index contributed by atoms with van der Waals surface area (Å²) in [5.74, 6) is 0.734. The molecule has 0 saturated carbocycles. The maximum Gasteiger partial charge on any atom is 0.142 e. The number of rotatable bonds is 3. The number of nitrogen functional groups attached to an aromatic ring is 1. The van der Waals surface area contributed by atoms with Crippen LogP contribution in [0.1, 0.15) is 19.3 Å². The zero-order chi connectivity index (χ0) is 11.4. The van der Waals surface area contributed by atoms with Gasteiger partial charge in [0.15, 0.2) is 0 Å². The molecule has 1 aromatic carbocycles. The van der Waals surface area contributed by atoms with Crippen molar-refractivity contribution in [1.82, 2.24) is 0 Å². The molecule has 1 atom stereocenters. The van der Waals surface area contributed by atoms with E-state index >= 15 is 0 Å². The minimum Gasteiger partial charge on any atom is -0.489 e. The average Bonchev–Trinajstić information content (AvgIpc) is 2.29. The quantitative estimate of drug-likeness (QED) is 0.869. The molecule has 16 heavy (non-hydrogen) atoms. The van der Waals surface area contributed by atoms with Gasteiger partial charge in [-0.2, -0.15) is 0 Å². The van der Waals surface area contributed by atoms with E-state index in [1.54, 1.807) is 0 Å². The zero-order valence-corrected chi connectivity index (χ0v) is 10.7. The van der Waals surface area contributed by atoms with Crippen LogP contribution in [0.25, 0.3) is 0 Å². The van der Waals surface area contributed by atoms with Gasteiger partial charge in [0.1, 0.15) is 12.4 Å². The Labute approximate surface area is 104 Å². The van der Waals surface area contributed by atoms with Gasteiger partial charge in [-0.3, -0.25) is 0 Å². The second-order valence-corrected chi connectivity index (χ2v) is 4.90. The monoisotopic (exact) mass is 285 g/mol. The fourth-order valence-corrected chi connectivity index (χ4v) is 2.15. The summed E-state index contributed by atoms with van der Waals surface area (Å²) in [6.07, 6.45) is 3.69. The zero-order valence-electron chi connectivity index (χ0n) is 9.12. The Hall–Kier alpha value is -0.740. The number of nitrogens with two attached hydrogens (primary N) is 1. The van der Waals surface area contributed by atoms with Crippen LogP contribution in [0.15, 0.2) is 22.7 Å². The fraction of sp³-hybridized carbons (Fsp3) is 0.500. The topological polar surface area (TPSA) is 44.5 Å². The molecule has 0 amide bonds. The highest BCUT2D eigenvalue weighted by atomic mass is 79.9. The number of ether oxygens (including phenoxy) is 2. The summed E-state index contributed by atoms with van der Waals surface area (Å²) >= 11 is 3.36. The molecule has 2 N–H and O–H groups in total. The smallest absolute Gasteiger partial charge is 0.142 e. The lowest BCUT2D eigenvalue weighted by molar-refractivity contribution is -0.0109. The number of halogens is 1. The van der Waals surface area contributed by atoms with Gasteiger partial charge in [0.05, 0.1) is 11.8 Å². The van der Waals surface area contributed by atoms with Gasteiger partial charge in [0, 0.05) is 11.1 Å². The maximum absolute atomic E-state index is 5.84. The summed E-state index contributed by atoms with van der Waals surface area (Å²) in [6.45, 7) is 1.44. The number of anilines is 1. The van der Waals surface area contributed by atoms with Gasteiger partial charge in [0.25, 0.3) is 0 Å². The third-order valence-electron chi connectivity index (χ3n) is 2.67. The number of hydrogen-bond donors (Lipinski definition) is 1. The summed E-state index contributed by atoms with van der Waals surface area (Å²) < 4.78 is 12.2. The molecular formula is C12H16BrNO2. The second-order valence-electron chi connectivity index (χ2n) is 3.98. The normalized spacial score (nSPS) is 20.7. The summed E-state index contributed by atoms with van der Waals surface area (Å²) in [5, 5.41) is 0. The molecule has 3 nitrogen and oxygen atoms in total. The van der Waals surface area contributed by atoms with Gasteiger partial charge in [-0.1, -0.05) is 15.9 Å². The predicted octanol–water partition coefficient (Wildman–Crippen LogP) is 2.98. The Kier molecular flexibility index (Phi) is 4.07. The Morgan fingerprint density at radius 1 is 1.44 bits per heavy atom. The van der Waals surface area contributed by atoms with Crippen LogP contribution in [0.5, 0.6) is 5.75 Å². The Morgan fingerprint density at radius 3 is 3.00 bits per heavy atom. The molecule has 1 aromatic rings. The molecular weight excluding hydrogens is 270 g/mol. The lowest BCUT2D eigenvalue weighted by atomic mass is 10.1. The standard InChI is InChI=1S/C12H16BrNO2/c13-9-4-5-12(11(14)7-9)16-8-10-3-1-2-6-15-10/h4-5,7,10H,1-3,6,8,14H2/t10-/m1/s1. The third-order valence-corrected chi connectivity index (χ3v) is 3.16. The van der Waals surface area contributed by atoms with E-state index in [4.69, 9.17) is 15.2 Å². The molecule has 88 valence electrons. The number of benzene rings is 1. The first kappa shape index (κ1) is 11.7. The Balaban J connectivity index is 1.88. The molecule has 0 radical (unpaired) electrons. The summed E-state index contributed by atoms with van der Waals surface area (Å²) in [7, 11) is 0. The highest BCUT2D eigenvalue weighted by molar-refractivity contribution is 9.10. The van der Waals surface area contributed by atoms with Crippen LogP contribution < -0.4 is 10.5 Å². The fourth-order valence-electron chi connectivity index (χ4n) is 1.77. The second kappa shape index (κ2) is 5.55. The molecule has 0 bridgehead atoms. The van der Waals surface area contributed by atoms with Crippen molar-refractivity contribution in [1.29, 1.82) is 0 Å². The molecule has 0 aliphatic carbocycles. The maximum atomic E-state index is 5.84. The van der Waals surface area contributed by atoms with Crippen LogP contribution in [0, 0.1) is 0 Å². The van der Waals surface area contributed by atoms with Crippen molar-refractivity contribution in [3.8, 4) is 5.75 Å². The first-order valence-corrected chi connectivity index (χ1v) is 6.34. The van der Waals surface area contributed by atoms with E-state index in [2.05, 4.69) is 15.9 Å². The van der Waals surface area contributed by atoms with E-state index in [0.29, 0.717) is 12.3 Å². The van der Waals surface area contributed by atoms with Gasteiger partial charge in [-0.25, -0.2) is 0 Å². The van der Waals surface area contributed by atoms with Crippen molar-refractivity contribution in [3.05, 3.63) is 22.7 Å².